The lowest BCUT2D eigenvalue weighted by molar-refractivity contribution is 0.332. The van der Waals surface area contributed by atoms with E-state index in [9.17, 15) is 0 Å². The molecule has 0 spiro atoms. The molecular formula is C15H21N3. The van der Waals surface area contributed by atoms with Crippen molar-refractivity contribution in [3.63, 3.8) is 0 Å². The Kier molecular flexibility index (Phi) is 3.00. The third kappa shape index (κ3) is 1.89. The smallest absolute Gasteiger partial charge is 0.0717 e. The number of aromatic nitrogens is 1. The van der Waals surface area contributed by atoms with E-state index >= 15 is 0 Å². The number of rotatable bonds is 3. The number of nitrogen functional groups attached to an aromatic ring is 1. The molecule has 2 N–H and O–H groups in total. The lowest BCUT2D eigenvalue weighted by atomic mass is 10.1. The lowest BCUT2D eigenvalue weighted by Crippen LogP contribution is -2.18. The number of benzene rings is 1. The van der Waals surface area contributed by atoms with Crippen LogP contribution < -0.4 is 5.73 Å². The quantitative estimate of drug-likeness (QED) is 0.841. The van der Waals surface area contributed by atoms with Crippen molar-refractivity contribution in [2.75, 3.05) is 18.8 Å². The number of aryl methyl sites for hydroxylation is 1. The van der Waals surface area contributed by atoms with E-state index < -0.39 is 0 Å². The molecule has 0 atom stereocenters. The Hall–Kier alpha value is -1.48. The van der Waals surface area contributed by atoms with E-state index in [1.807, 2.05) is 6.07 Å². The summed E-state index contributed by atoms with van der Waals surface area (Å²) in [7, 11) is 0. The standard InChI is InChI=1S/C15H21N3/c1-2-18-11-12(10-17-8-3-4-9-17)13-6-5-7-14(16)15(13)18/h5-7,11H,2-4,8-10,16H2,1H3. The zero-order valence-electron chi connectivity index (χ0n) is 11.0. The maximum Gasteiger partial charge on any atom is 0.0717 e. The zero-order valence-corrected chi connectivity index (χ0v) is 11.0. The van der Waals surface area contributed by atoms with Crippen molar-refractivity contribution < 1.29 is 0 Å². The minimum atomic E-state index is 0.891. The molecule has 1 saturated heterocycles. The summed E-state index contributed by atoms with van der Waals surface area (Å²) in [5.74, 6) is 0. The van der Waals surface area contributed by atoms with E-state index in [1.165, 1.54) is 42.4 Å². The number of hydrogen-bond acceptors (Lipinski definition) is 2. The molecule has 96 valence electrons. The van der Waals surface area contributed by atoms with Gasteiger partial charge in [-0.05, 0) is 44.5 Å². The summed E-state index contributed by atoms with van der Waals surface area (Å²) in [6, 6.07) is 6.25. The summed E-state index contributed by atoms with van der Waals surface area (Å²) in [5, 5.41) is 1.32. The van der Waals surface area contributed by atoms with Gasteiger partial charge in [-0.25, -0.2) is 0 Å². The summed E-state index contributed by atoms with van der Waals surface area (Å²) in [4.78, 5) is 2.54. The minimum Gasteiger partial charge on any atom is -0.397 e. The highest BCUT2D eigenvalue weighted by molar-refractivity contribution is 5.93. The number of para-hydroxylation sites is 1. The van der Waals surface area contributed by atoms with Gasteiger partial charge in [-0.3, -0.25) is 4.90 Å². The molecular weight excluding hydrogens is 222 g/mol. The van der Waals surface area contributed by atoms with Gasteiger partial charge in [-0.1, -0.05) is 12.1 Å². The predicted octanol–water partition coefficient (Wildman–Crippen LogP) is 2.84. The van der Waals surface area contributed by atoms with Gasteiger partial charge < -0.3 is 10.3 Å². The minimum absolute atomic E-state index is 0.891. The van der Waals surface area contributed by atoms with Gasteiger partial charge >= 0.3 is 0 Å². The van der Waals surface area contributed by atoms with Crippen molar-refractivity contribution in [2.45, 2.75) is 32.9 Å². The predicted molar refractivity (Wildman–Crippen MR) is 76.5 cm³/mol. The summed E-state index contributed by atoms with van der Waals surface area (Å²) in [6.07, 6.45) is 4.96. The van der Waals surface area contributed by atoms with Gasteiger partial charge in [0.1, 0.15) is 0 Å². The number of nitrogens with two attached hydrogens (primary N) is 1. The van der Waals surface area contributed by atoms with Crippen molar-refractivity contribution in [1.82, 2.24) is 9.47 Å². The Morgan fingerprint density at radius 2 is 2.00 bits per heavy atom. The van der Waals surface area contributed by atoms with Crippen LogP contribution in [-0.4, -0.2) is 22.6 Å². The fourth-order valence-electron chi connectivity index (χ4n) is 3.02. The van der Waals surface area contributed by atoms with Crippen LogP contribution in [0.4, 0.5) is 5.69 Å². The van der Waals surface area contributed by atoms with E-state index in [0.717, 1.165) is 18.8 Å². The van der Waals surface area contributed by atoms with Crippen molar-refractivity contribution >= 4 is 16.6 Å². The molecule has 1 aromatic carbocycles. The Balaban J connectivity index is 2.03. The van der Waals surface area contributed by atoms with E-state index in [2.05, 4.69) is 34.7 Å². The zero-order chi connectivity index (χ0) is 12.5. The first-order chi connectivity index (χ1) is 8.79. The molecule has 3 rings (SSSR count). The summed E-state index contributed by atoms with van der Waals surface area (Å²) in [6.45, 7) is 6.69. The first-order valence-corrected chi connectivity index (χ1v) is 6.88. The highest BCUT2D eigenvalue weighted by atomic mass is 15.1. The van der Waals surface area contributed by atoms with Gasteiger partial charge in [0.2, 0.25) is 0 Å². The molecule has 0 aliphatic carbocycles. The Morgan fingerprint density at radius 1 is 1.22 bits per heavy atom. The SMILES string of the molecule is CCn1cc(CN2CCCC2)c2cccc(N)c21. The van der Waals surface area contributed by atoms with Crippen molar-refractivity contribution in [3.05, 3.63) is 30.0 Å². The maximum absolute atomic E-state index is 6.12. The summed E-state index contributed by atoms with van der Waals surface area (Å²) in [5.41, 5.74) is 9.63. The van der Waals surface area contributed by atoms with Crippen molar-refractivity contribution in [1.29, 1.82) is 0 Å². The molecule has 0 saturated carbocycles. The highest BCUT2D eigenvalue weighted by Gasteiger charge is 2.16. The molecule has 18 heavy (non-hydrogen) atoms. The first kappa shape index (κ1) is 11.6. The molecule has 2 aromatic rings. The van der Waals surface area contributed by atoms with Gasteiger partial charge in [0.05, 0.1) is 11.2 Å². The molecule has 1 aliphatic rings. The Bertz CT molecular complexity index is 550. The Labute approximate surface area is 108 Å². The van der Waals surface area contributed by atoms with Crippen LogP contribution in [0.25, 0.3) is 10.9 Å². The monoisotopic (exact) mass is 243 g/mol. The fourth-order valence-corrected chi connectivity index (χ4v) is 3.02. The second-order valence-corrected chi connectivity index (χ2v) is 5.17. The van der Waals surface area contributed by atoms with Crippen LogP contribution in [0.3, 0.4) is 0 Å². The van der Waals surface area contributed by atoms with E-state index in [1.54, 1.807) is 0 Å². The van der Waals surface area contributed by atoms with Crippen molar-refractivity contribution in [3.8, 4) is 0 Å². The number of fused-ring (bicyclic) bond motifs is 1. The van der Waals surface area contributed by atoms with Crippen molar-refractivity contribution in [2.24, 2.45) is 0 Å². The molecule has 1 aromatic heterocycles. The van der Waals surface area contributed by atoms with E-state index in [0.29, 0.717) is 0 Å². The second kappa shape index (κ2) is 4.65. The average molecular weight is 243 g/mol. The molecule has 0 unspecified atom stereocenters. The lowest BCUT2D eigenvalue weighted by Gasteiger charge is -2.13. The van der Waals surface area contributed by atoms with Crippen LogP contribution >= 0.6 is 0 Å². The van der Waals surface area contributed by atoms with Gasteiger partial charge in [0, 0.05) is 24.7 Å². The molecule has 0 bridgehead atoms. The molecule has 1 fully saturated rings. The number of likely N-dealkylation sites (tertiary alicyclic amines) is 1. The van der Waals surface area contributed by atoms with Crippen LogP contribution in [0.15, 0.2) is 24.4 Å². The largest absolute Gasteiger partial charge is 0.397 e. The average Bonchev–Trinajstić information content (AvgIpc) is 2.99. The van der Waals surface area contributed by atoms with Crippen LogP contribution in [0.1, 0.15) is 25.3 Å². The summed E-state index contributed by atoms with van der Waals surface area (Å²) >= 11 is 0. The van der Waals surface area contributed by atoms with Gasteiger partial charge in [0.15, 0.2) is 0 Å². The number of anilines is 1. The second-order valence-electron chi connectivity index (χ2n) is 5.17. The molecule has 0 radical (unpaired) electrons. The van der Waals surface area contributed by atoms with E-state index in [-0.39, 0.29) is 0 Å². The molecule has 1 aliphatic heterocycles. The van der Waals surface area contributed by atoms with Crippen LogP contribution in [-0.2, 0) is 13.1 Å². The topological polar surface area (TPSA) is 34.2 Å². The molecule has 3 heteroatoms. The highest BCUT2D eigenvalue weighted by Crippen LogP contribution is 2.28. The van der Waals surface area contributed by atoms with Crippen LogP contribution in [0, 0.1) is 0 Å². The summed E-state index contributed by atoms with van der Waals surface area (Å²) < 4.78 is 2.27. The third-order valence-electron chi connectivity index (χ3n) is 3.95. The van der Waals surface area contributed by atoms with E-state index in [4.69, 9.17) is 5.73 Å². The number of nitrogens with zero attached hydrogens (tertiary/aromatic N) is 2. The van der Waals surface area contributed by atoms with Gasteiger partial charge in [-0.15, -0.1) is 0 Å². The third-order valence-corrected chi connectivity index (χ3v) is 3.95. The van der Waals surface area contributed by atoms with Gasteiger partial charge in [-0.2, -0.15) is 0 Å². The van der Waals surface area contributed by atoms with Crippen LogP contribution in [0.5, 0.6) is 0 Å². The normalized spacial score (nSPS) is 16.7. The Morgan fingerprint density at radius 3 is 2.72 bits per heavy atom. The fraction of sp³-hybridized carbons (Fsp3) is 0.467. The van der Waals surface area contributed by atoms with Crippen LogP contribution in [0.2, 0.25) is 0 Å². The first-order valence-electron chi connectivity index (χ1n) is 6.88. The molecule has 0 amide bonds. The van der Waals surface area contributed by atoms with Gasteiger partial charge in [0.25, 0.3) is 0 Å². The maximum atomic E-state index is 6.12. The molecule has 3 nitrogen and oxygen atoms in total. The number of hydrogen-bond donors (Lipinski definition) is 1. The molecule has 2 heterocycles.